The van der Waals surface area contributed by atoms with Crippen LogP contribution in [0.1, 0.15) is 65.7 Å². The number of primary amides is 1. The molecule has 1 aromatic rings. The summed E-state index contributed by atoms with van der Waals surface area (Å²) in [6.45, 7) is 5.76. The number of aromatic nitrogens is 1. The number of amides is 2. The molecule has 0 radical (unpaired) electrons. The van der Waals surface area contributed by atoms with Crippen LogP contribution in [0, 0.1) is 38.5 Å². The lowest BCUT2D eigenvalue weighted by Gasteiger charge is -2.56. The highest BCUT2D eigenvalue weighted by molar-refractivity contribution is 8.00. The van der Waals surface area contributed by atoms with Crippen LogP contribution in [0.15, 0.2) is 5.03 Å². The third-order valence-corrected chi connectivity index (χ3v) is 7.97. The van der Waals surface area contributed by atoms with Crippen molar-refractivity contribution in [1.29, 1.82) is 0 Å². The third kappa shape index (κ3) is 3.48. The fourth-order valence-corrected chi connectivity index (χ4v) is 6.97. The third-order valence-electron chi connectivity index (χ3n) is 6.99. The zero-order valence-electron chi connectivity index (χ0n) is 16.4. The second-order valence-electron chi connectivity index (χ2n) is 9.03. The summed E-state index contributed by atoms with van der Waals surface area (Å²) in [5.41, 5.74) is 8.77. The van der Waals surface area contributed by atoms with Crippen molar-refractivity contribution in [3.63, 3.8) is 0 Å². The molecule has 4 aliphatic rings. The van der Waals surface area contributed by atoms with Crippen molar-refractivity contribution in [3.05, 3.63) is 22.4 Å². The maximum Gasteiger partial charge on any atom is 0.251 e. The predicted octanol–water partition coefficient (Wildman–Crippen LogP) is 3.28. The molecule has 0 spiro atoms. The Kier molecular flexibility index (Phi) is 4.73. The zero-order valence-corrected chi connectivity index (χ0v) is 17.2. The molecule has 0 unspecified atom stereocenters. The summed E-state index contributed by atoms with van der Waals surface area (Å²) in [4.78, 5) is 29.2. The number of nitrogens with zero attached hydrogens (tertiary/aromatic N) is 1. The first kappa shape index (κ1) is 18.8. The smallest absolute Gasteiger partial charge is 0.251 e. The minimum Gasteiger partial charge on any atom is -0.366 e. The highest BCUT2D eigenvalue weighted by Gasteiger charge is 2.51. The average molecular weight is 388 g/mol. The summed E-state index contributed by atoms with van der Waals surface area (Å²) in [7, 11) is 0. The van der Waals surface area contributed by atoms with Crippen LogP contribution < -0.4 is 11.1 Å². The molecule has 5 nitrogen and oxygen atoms in total. The van der Waals surface area contributed by atoms with E-state index in [-0.39, 0.29) is 17.2 Å². The maximum atomic E-state index is 12.7. The summed E-state index contributed by atoms with van der Waals surface area (Å²) in [6.07, 6.45) is 7.50. The highest BCUT2D eigenvalue weighted by Crippen LogP contribution is 2.55. The summed E-state index contributed by atoms with van der Waals surface area (Å²) < 4.78 is 0. The SMILES string of the molecule is Cc1nc(SCC(=O)NC23CC4CC(CC(C4)C2)C3)c(C(N)=O)c(C)c1C. The van der Waals surface area contributed by atoms with Gasteiger partial charge in [0.1, 0.15) is 5.03 Å². The fraction of sp³-hybridized carbons (Fsp3) is 0.667. The number of hydrogen-bond acceptors (Lipinski definition) is 4. The topological polar surface area (TPSA) is 85.1 Å². The Morgan fingerprint density at radius 3 is 2.15 bits per heavy atom. The molecule has 4 bridgehead atoms. The number of rotatable bonds is 5. The van der Waals surface area contributed by atoms with Gasteiger partial charge in [-0.25, -0.2) is 4.98 Å². The van der Waals surface area contributed by atoms with Crippen LogP contribution >= 0.6 is 11.8 Å². The maximum absolute atomic E-state index is 12.7. The number of pyridine rings is 1. The number of aryl methyl sites for hydroxylation is 1. The molecule has 0 aliphatic heterocycles. The second-order valence-corrected chi connectivity index (χ2v) is 9.99. The van der Waals surface area contributed by atoms with Crippen molar-refractivity contribution in [2.45, 2.75) is 69.9 Å². The van der Waals surface area contributed by atoms with Crippen LogP contribution in [0.2, 0.25) is 0 Å². The summed E-state index contributed by atoms with van der Waals surface area (Å²) in [5, 5.41) is 3.95. The second kappa shape index (κ2) is 6.80. The molecule has 146 valence electrons. The van der Waals surface area contributed by atoms with Crippen molar-refractivity contribution in [1.82, 2.24) is 10.3 Å². The van der Waals surface area contributed by atoms with E-state index in [1.807, 2.05) is 20.8 Å². The molecule has 2 amide bonds. The number of nitrogens with two attached hydrogens (primary N) is 1. The van der Waals surface area contributed by atoms with Crippen molar-refractivity contribution < 1.29 is 9.59 Å². The van der Waals surface area contributed by atoms with Crippen molar-refractivity contribution in [2.75, 3.05) is 5.75 Å². The van der Waals surface area contributed by atoms with Gasteiger partial charge in [-0.2, -0.15) is 0 Å². The Hall–Kier alpha value is -1.56. The number of thioether (sulfide) groups is 1. The molecule has 0 saturated heterocycles. The van der Waals surface area contributed by atoms with Gasteiger partial charge in [0, 0.05) is 11.2 Å². The van der Waals surface area contributed by atoms with Gasteiger partial charge in [-0.1, -0.05) is 11.8 Å². The average Bonchev–Trinajstić information content (AvgIpc) is 2.55. The van der Waals surface area contributed by atoms with Crippen LogP contribution in [-0.2, 0) is 4.79 Å². The molecule has 0 atom stereocenters. The van der Waals surface area contributed by atoms with Gasteiger partial charge in [0.05, 0.1) is 11.3 Å². The number of carbonyl (C=O) groups excluding carboxylic acids is 2. The summed E-state index contributed by atoms with van der Waals surface area (Å²) >= 11 is 1.33. The van der Waals surface area contributed by atoms with Crippen LogP contribution in [0.4, 0.5) is 0 Å². The van der Waals surface area contributed by atoms with Gasteiger partial charge in [0.15, 0.2) is 0 Å². The van der Waals surface area contributed by atoms with E-state index in [4.69, 9.17) is 5.73 Å². The van der Waals surface area contributed by atoms with E-state index in [1.54, 1.807) is 0 Å². The Morgan fingerprint density at radius 2 is 1.63 bits per heavy atom. The molecular formula is C21H29N3O2S. The van der Waals surface area contributed by atoms with Gasteiger partial charge >= 0.3 is 0 Å². The van der Waals surface area contributed by atoms with E-state index in [0.717, 1.165) is 53.8 Å². The van der Waals surface area contributed by atoms with Crippen molar-refractivity contribution in [3.8, 4) is 0 Å². The Bertz CT molecular complexity index is 770. The molecule has 4 fully saturated rings. The lowest BCUT2D eigenvalue weighted by molar-refractivity contribution is -0.124. The zero-order chi connectivity index (χ0) is 19.3. The molecule has 1 heterocycles. The lowest BCUT2D eigenvalue weighted by atomic mass is 9.53. The monoisotopic (exact) mass is 387 g/mol. The standard InChI is InChI=1S/C21H29N3O2S/c1-11-12(2)18(19(22)26)20(23-13(11)3)27-10-17(25)24-21-7-14-4-15(8-21)6-16(5-14)9-21/h14-16H,4-10H2,1-3H3,(H2,22,26)(H,24,25). The van der Waals surface area contributed by atoms with Crippen LogP contribution in [0.3, 0.4) is 0 Å². The fourth-order valence-electron chi connectivity index (χ4n) is 6.04. The first-order valence-corrected chi connectivity index (χ1v) is 11.0. The minimum atomic E-state index is -0.480. The molecule has 5 rings (SSSR count). The molecule has 6 heteroatoms. The first-order chi connectivity index (χ1) is 12.8. The van der Waals surface area contributed by atoms with Gasteiger partial charge in [0.25, 0.3) is 5.91 Å². The number of nitrogens with one attached hydrogen (secondary N) is 1. The van der Waals surface area contributed by atoms with Crippen LogP contribution in [0.25, 0.3) is 0 Å². The van der Waals surface area contributed by atoms with Crippen molar-refractivity contribution >= 4 is 23.6 Å². The first-order valence-electron chi connectivity index (χ1n) is 9.98. The van der Waals surface area contributed by atoms with Gasteiger partial charge in [0.2, 0.25) is 5.91 Å². The molecular weight excluding hydrogens is 358 g/mol. The van der Waals surface area contributed by atoms with Crippen molar-refractivity contribution in [2.24, 2.45) is 23.5 Å². The van der Waals surface area contributed by atoms with E-state index >= 15 is 0 Å². The van der Waals surface area contributed by atoms with Crippen LogP contribution in [-0.4, -0.2) is 28.1 Å². The van der Waals surface area contributed by atoms with E-state index in [2.05, 4.69) is 10.3 Å². The Balaban J connectivity index is 1.45. The largest absolute Gasteiger partial charge is 0.366 e. The summed E-state index contributed by atoms with van der Waals surface area (Å²) in [6, 6.07) is 0. The number of carbonyl (C=O) groups is 2. The van der Waals surface area contributed by atoms with Gasteiger partial charge in [-0.3, -0.25) is 9.59 Å². The molecule has 0 aromatic carbocycles. The Morgan fingerprint density at radius 1 is 1.07 bits per heavy atom. The molecule has 4 saturated carbocycles. The molecule has 3 N–H and O–H groups in total. The summed E-state index contributed by atoms with van der Waals surface area (Å²) in [5.74, 6) is 2.25. The predicted molar refractivity (Wildman–Crippen MR) is 107 cm³/mol. The molecule has 1 aromatic heterocycles. The normalized spacial score (nSPS) is 31.1. The quantitative estimate of drug-likeness (QED) is 0.759. The van der Waals surface area contributed by atoms with Crippen LogP contribution in [0.5, 0.6) is 0 Å². The number of hydrogen-bond donors (Lipinski definition) is 2. The van der Waals surface area contributed by atoms with Gasteiger partial charge < -0.3 is 11.1 Å². The molecule has 4 aliphatic carbocycles. The van der Waals surface area contributed by atoms with E-state index < -0.39 is 5.91 Å². The van der Waals surface area contributed by atoms with Gasteiger partial charge in [-0.15, -0.1) is 0 Å². The lowest BCUT2D eigenvalue weighted by Crippen LogP contribution is -2.60. The van der Waals surface area contributed by atoms with E-state index in [0.29, 0.717) is 10.6 Å². The van der Waals surface area contributed by atoms with E-state index in [9.17, 15) is 9.59 Å². The minimum absolute atomic E-state index is 0.0193. The van der Waals surface area contributed by atoms with Gasteiger partial charge in [-0.05, 0) is 88.2 Å². The highest BCUT2D eigenvalue weighted by atomic mass is 32.2. The molecule has 27 heavy (non-hydrogen) atoms. The van der Waals surface area contributed by atoms with E-state index in [1.165, 1.54) is 31.0 Å². The Labute approximate surface area is 165 Å².